The second-order valence-electron chi connectivity index (χ2n) is 5.32. The van der Waals surface area contributed by atoms with Crippen LogP contribution in [0.4, 0.5) is 0 Å². The molecule has 1 amide bonds. The molecule has 0 unspecified atom stereocenters. The van der Waals surface area contributed by atoms with Crippen molar-refractivity contribution in [1.82, 2.24) is 5.32 Å². The van der Waals surface area contributed by atoms with Gasteiger partial charge in [0.25, 0.3) is 5.09 Å². The maximum Gasteiger partial charge on any atom is 0.328 e. The molecule has 0 saturated heterocycles. The Morgan fingerprint density at radius 2 is 1.75 bits per heavy atom. The standard InChI is InChI=1S/C9H19N3O4.C4H4O4/c1-9(2,6-10)7-11-8(13)4-3-5-16-12(14)15;5-3(6)1-2-4(7)8/h3-7,10H2,1-2H3,(H,11,13);1-2H,(H,5,6)(H,7,8). The molecule has 0 atom stereocenters. The fourth-order valence-corrected chi connectivity index (χ4v) is 1.01. The smallest absolute Gasteiger partial charge is 0.328 e. The average molecular weight is 349 g/mol. The monoisotopic (exact) mass is 349 g/mol. The maximum absolute atomic E-state index is 11.3. The number of nitrogens with zero attached hydrogens (tertiary/aromatic N) is 1. The topological polar surface area (TPSA) is 182 Å². The van der Waals surface area contributed by atoms with Crippen LogP contribution in [0.25, 0.3) is 0 Å². The van der Waals surface area contributed by atoms with Gasteiger partial charge < -0.3 is 26.1 Å². The molecule has 0 bridgehead atoms. The summed E-state index contributed by atoms with van der Waals surface area (Å²) < 4.78 is 0. The third-order valence-corrected chi connectivity index (χ3v) is 2.43. The molecule has 24 heavy (non-hydrogen) atoms. The van der Waals surface area contributed by atoms with Gasteiger partial charge >= 0.3 is 11.9 Å². The number of carboxylic acid groups (broad SMARTS) is 2. The largest absolute Gasteiger partial charge is 0.478 e. The van der Waals surface area contributed by atoms with Gasteiger partial charge in [-0.25, -0.2) is 9.59 Å². The SMILES string of the molecule is CC(C)(CN)CNC(=O)CCCO[N+](=O)[O-].O=C(O)C=CC(=O)O. The number of amides is 1. The van der Waals surface area contributed by atoms with Gasteiger partial charge in [0.1, 0.15) is 0 Å². The van der Waals surface area contributed by atoms with Crippen molar-refractivity contribution in [1.29, 1.82) is 0 Å². The number of nitrogens with two attached hydrogens (primary N) is 1. The summed E-state index contributed by atoms with van der Waals surface area (Å²) >= 11 is 0. The van der Waals surface area contributed by atoms with E-state index in [1.807, 2.05) is 13.8 Å². The van der Waals surface area contributed by atoms with Crippen LogP contribution in [0.1, 0.15) is 26.7 Å². The summed E-state index contributed by atoms with van der Waals surface area (Å²) in [5.41, 5.74) is 5.37. The zero-order chi connectivity index (χ0) is 19.2. The summed E-state index contributed by atoms with van der Waals surface area (Å²) in [5, 5.41) is 27.3. The Morgan fingerprint density at radius 1 is 1.25 bits per heavy atom. The Bertz CT molecular complexity index is 446. The number of carbonyl (C=O) groups excluding carboxylic acids is 1. The summed E-state index contributed by atoms with van der Waals surface area (Å²) in [5.74, 6) is -2.66. The Balaban J connectivity index is 0. The predicted molar refractivity (Wildman–Crippen MR) is 82.4 cm³/mol. The zero-order valence-electron chi connectivity index (χ0n) is 13.6. The molecule has 0 fully saturated rings. The number of rotatable bonds is 10. The van der Waals surface area contributed by atoms with Gasteiger partial charge in [-0.2, -0.15) is 0 Å². The molecule has 0 aliphatic rings. The van der Waals surface area contributed by atoms with Gasteiger partial charge in [0.05, 0.1) is 6.61 Å². The Labute approximate surface area is 138 Å². The molecule has 0 aliphatic carbocycles. The third-order valence-electron chi connectivity index (χ3n) is 2.43. The van der Waals surface area contributed by atoms with Crippen LogP contribution in [-0.2, 0) is 19.2 Å². The number of nitrogens with one attached hydrogen (secondary N) is 1. The highest BCUT2D eigenvalue weighted by Crippen LogP contribution is 2.10. The van der Waals surface area contributed by atoms with Gasteiger partial charge in [-0.15, -0.1) is 10.1 Å². The molecule has 0 heterocycles. The van der Waals surface area contributed by atoms with Crippen molar-refractivity contribution in [3.63, 3.8) is 0 Å². The minimum absolute atomic E-state index is 0.0549. The minimum Gasteiger partial charge on any atom is -0.478 e. The van der Waals surface area contributed by atoms with E-state index in [-0.39, 0.29) is 24.3 Å². The molecule has 0 aromatic carbocycles. The maximum atomic E-state index is 11.3. The van der Waals surface area contributed by atoms with Crippen molar-refractivity contribution in [2.75, 3.05) is 19.7 Å². The zero-order valence-corrected chi connectivity index (χ0v) is 13.6. The first-order chi connectivity index (χ1) is 11.0. The van der Waals surface area contributed by atoms with Gasteiger partial charge in [0, 0.05) is 25.1 Å². The third kappa shape index (κ3) is 19.3. The molecule has 138 valence electrons. The van der Waals surface area contributed by atoms with Crippen molar-refractivity contribution in [3.8, 4) is 0 Å². The van der Waals surface area contributed by atoms with E-state index in [0.29, 0.717) is 31.7 Å². The van der Waals surface area contributed by atoms with E-state index in [1.54, 1.807) is 0 Å². The van der Waals surface area contributed by atoms with Crippen LogP contribution in [0.3, 0.4) is 0 Å². The normalized spacial score (nSPS) is 10.5. The van der Waals surface area contributed by atoms with E-state index in [9.17, 15) is 24.5 Å². The number of carboxylic acids is 2. The van der Waals surface area contributed by atoms with Crippen molar-refractivity contribution in [2.45, 2.75) is 26.7 Å². The molecule has 11 heteroatoms. The fourth-order valence-electron chi connectivity index (χ4n) is 1.01. The van der Waals surface area contributed by atoms with Gasteiger partial charge in [0.15, 0.2) is 0 Å². The summed E-state index contributed by atoms with van der Waals surface area (Å²) in [4.78, 5) is 44.3. The van der Waals surface area contributed by atoms with E-state index in [4.69, 9.17) is 15.9 Å². The quantitative estimate of drug-likeness (QED) is 0.179. The van der Waals surface area contributed by atoms with E-state index >= 15 is 0 Å². The highest BCUT2D eigenvalue weighted by atomic mass is 16.9. The second kappa shape index (κ2) is 12.8. The molecule has 0 radical (unpaired) electrons. The molecule has 0 spiro atoms. The fraction of sp³-hybridized carbons (Fsp3) is 0.615. The molecule has 0 rings (SSSR count). The molecule has 5 N–H and O–H groups in total. The van der Waals surface area contributed by atoms with Crippen molar-refractivity contribution in [2.24, 2.45) is 11.1 Å². The number of aliphatic carboxylic acids is 2. The molecule has 0 aliphatic heterocycles. The Kier molecular flexibility index (Phi) is 12.6. The van der Waals surface area contributed by atoms with Crippen LogP contribution >= 0.6 is 0 Å². The first-order valence-electron chi connectivity index (χ1n) is 6.88. The van der Waals surface area contributed by atoms with E-state index in [0.717, 1.165) is 0 Å². The van der Waals surface area contributed by atoms with Gasteiger partial charge in [-0.1, -0.05) is 13.8 Å². The first-order valence-corrected chi connectivity index (χ1v) is 6.88. The van der Waals surface area contributed by atoms with Crippen LogP contribution in [-0.4, -0.2) is 52.8 Å². The number of hydrogen-bond acceptors (Lipinski definition) is 7. The van der Waals surface area contributed by atoms with Crippen LogP contribution in [0.5, 0.6) is 0 Å². The van der Waals surface area contributed by atoms with Crippen LogP contribution < -0.4 is 11.1 Å². The van der Waals surface area contributed by atoms with E-state index in [2.05, 4.69) is 10.2 Å². The van der Waals surface area contributed by atoms with Gasteiger partial charge in [-0.3, -0.25) is 4.79 Å². The van der Waals surface area contributed by atoms with Crippen molar-refractivity contribution >= 4 is 17.8 Å². The Morgan fingerprint density at radius 3 is 2.12 bits per heavy atom. The van der Waals surface area contributed by atoms with E-state index in [1.165, 1.54) is 0 Å². The van der Waals surface area contributed by atoms with Crippen LogP contribution in [0.15, 0.2) is 12.2 Å². The summed E-state index contributed by atoms with van der Waals surface area (Å²) in [6, 6.07) is 0. The lowest BCUT2D eigenvalue weighted by Crippen LogP contribution is -2.38. The highest BCUT2D eigenvalue weighted by molar-refractivity contribution is 5.89. The van der Waals surface area contributed by atoms with Crippen LogP contribution in [0, 0.1) is 15.5 Å². The van der Waals surface area contributed by atoms with E-state index < -0.39 is 17.0 Å². The minimum atomic E-state index is -1.26. The summed E-state index contributed by atoms with van der Waals surface area (Å²) in [6.45, 7) is 4.82. The van der Waals surface area contributed by atoms with Gasteiger partial charge in [-0.05, 0) is 18.4 Å². The summed E-state index contributed by atoms with van der Waals surface area (Å²) in [7, 11) is 0. The Hall–Kier alpha value is -2.69. The average Bonchev–Trinajstić information content (AvgIpc) is 2.48. The molecular weight excluding hydrogens is 326 g/mol. The lowest BCUT2D eigenvalue weighted by molar-refractivity contribution is -0.757. The number of carbonyl (C=O) groups is 3. The number of hydrogen-bond donors (Lipinski definition) is 4. The molecule has 0 aromatic heterocycles. The molecule has 0 saturated carbocycles. The van der Waals surface area contributed by atoms with Gasteiger partial charge in [0.2, 0.25) is 5.91 Å². The lowest BCUT2D eigenvalue weighted by atomic mass is 9.94. The lowest BCUT2D eigenvalue weighted by Gasteiger charge is -2.22. The first kappa shape index (κ1) is 23.6. The molecule has 0 aromatic rings. The highest BCUT2D eigenvalue weighted by Gasteiger charge is 2.16. The molecular formula is C13H23N3O8. The molecule has 11 nitrogen and oxygen atoms in total. The predicted octanol–water partition coefficient (Wildman–Crippen LogP) is -0.212. The second-order valence-corrected chi connectivity index (χ2v) is 5.32. The van der Waals surface area contributed by atoms with Crippen LogP contribution in [0.2, 0.25) is 0 Å². The summed E-state index contributed by atoms with van der Waals surface area (Å²) in [6.07, 6.45) is 1.66. The van der Waals surface area contributed by atoms with Crippen molar-refractivity contribution in [3.05, 3.63) is 22.3 Å². The van der Waals surface area contributed by atoms with Crippen molar-refractivity contribution < 1.29 is 34.5 Å².